The van der Waals surface area contributed by atoms with Gasteiger partial charge < -0.3 is 9.88 Å². The molecule has 23 heavy (non-hydrogen) atoms. The third kappa shape index (κ3) is 2.92. The van der Waals surface area contributed by atoms with Crippen LogP contribution in [0.5, 0.6) is 0 Å². The quantitative estimate of drug-likeness (QED) is 0.947. The van der Waals surface area contributed by atoms with Crippen LogP contribution >= 0.6 is 0 Å². The number of nitrogens with one attached hydrogen (secondary N) is 1. The Labute approximate surface area is 136 Å². The van der Waals surface area contributed by atoms with E-state index >= 15 is 0 Å². The van der Waals surface area contributed by atoms with Crippen molar-refractivity contribution in [3.8, 4) is 0 Å². The summed E-state index contributed by atoms with van der Waals surface area (Å²) in [5.74, 6) is 0.656. The van der Waals surface area contributed by atoms with E-state index < -0.39 is 0 Å². The number of amides is 1. The molecule has 3 rings (SSSR count). The molecule has 0 spiro atoms. The lowest BCUT2D eigenvalue weighted by Gasteiger charge is -2.34. The van der Waals surface area contributed by atoms with Gasteiger partial charge in [-0.15, -0.1) is 0 Å². The fourth-order valence-electron chi connectivity index (χ4n) is 3.35. The predicted octanol–water partition coefficient (Wildman–Crippen LogP) is 2.79. The number of carbonyl (C=O) groups excluding carboxylic acids is 1. The predicted molar refractivity (Wildman–Crippen MR) is 91.4 cm³/mol. The number of H-pyrrole nitrogens is 1. The van der Waals surface area contributed by atoms with Gasteiger partial charge in [-0.3, -0.25) is 9.36 Å². The molecular weight excluding hydrogens is 290 g/mol. The number of rotatable bonds is 3. The van der Waals surface area contributed by atoms with Gasteiger partial charge in [0.2, 0.25) is 5.91 Å². The highest BCUT2D eigenvalue weighted by molar-refractivity contribution is 5.79. The number of aromatic nitrogens is 2. The standard InChI is InChI=1S/C18H25N3O2/c1-12(2)13(3)17(22)20-10-8-14(9-11-20)21-16-7-5-4-6-15(16)19-18(21)23/h4-7,12-14H,8-11H2,1-3H3,(H,19,23). The SMILES string of the molecule is CC(C)C(C)C(=O)N1CCC(n2c(=O)[nH]c3ccccc32)CC1. The lowest BCUT2D eigenvalue weighted by Crippen LogP contribution is -2.43. The zero-order valence-corrected chi connectivity index (χ0v) is 14.1. The first-order valence-corrected chi connectivity index (χ1v) is 8.47. The lowest BCUT2D eigenvalue weighted by atomic mass is 9.95. The van der Waals surface area contributed by atoms with Crippen LogP contribution in [0.4, 0.5) is 0 Å². The molecule has 2 aromatic rings. The van der Waals surface area contributed by atoms with Gasteiger partial charge in [0.1, 0.15) is 0 Å². The number of para-hydroxylation sites is 2. The Hall–Kier alpha value is -2.04. The number of carbonyl (C=O) groups is 1. The minimum Gasteiger partial charge on any atom is -0.342 e. The van der Waals surface area contributed by atoms with Crippen molar-refractivity contribution >= 4 is 16.9 Å². The number of imidazole rings is 1. The summed E-state index contributed by atoms with van der Waals surface area (Å²) < 4.78 is 1.86. The molecule has 1 amide bonds. The Morgan fingerprint density at radius 2 is 1.83 bits per heavy atom. The van der Waals surface area contributed by atoms with Crippen LogP contribution in [0.25, 0.3) is 11.0 Å². The minimum absolute atomic E-state index is 0.0495. The van der Waals surface area contributed by atoms with E-state index in [0.717, 1.165) is 37.0 Å². The van der Waals surface area contributed by atoms with Crippen LogP contribution in [-0.4, -0.2) is 33.4 Å². The zero-order chi connectivity index (χ0) is 16.6. The monoisotopic (exact) mass is 315 g/mol. The first-order valence-electron chi connectivity index (χ1n) is 8.47. The second-order valence-corrected chi connectivity index (χ2v) is 6.91. The molecule has 1 aliphatic heterocycles. The molecular formula is C18H25N3O2. The van der Waals surface area contributed by atoms with E-state index in [1.807, 2.05) is 40.7 Å². The van der Waals surface area contributed by atoms with Gasteiger partial charge in [0, 0.05) is 25.0 Å². The van der Waals surface area contributed by atoms with Crippen molar-refractivity contribution < 1.29 is 4.79 Å². The van der Waals surface area contributed by atoms with Crippen molar-refractivity contribution in [1.29, 1.82) is 0 Å². The van der Waals surface area contributed by atoms with Gasteiger partial charge in [-0.05, 0) is 30.9 Å². The van der Waals surface area contributed by atoms with Crippen LogP contribution in [-0.2, 0) is 4.79 Å². The maximum Gasteiger partial charge on any atom is 0.326 e. The fraction of sp³-hybridized carbons (Fsp3) is 0.556. The van der Waals surface area contributed by atoms with Crippen LogP contribution < -0.4 is 5.69 Å². The highest BCUT2D eigenvalue weighted by atomic mass is 16.2. The van der Waals surface area contributed by atoms with E-state index in [-0.39, 0.29) is 23.6 Å². The van der Waals surface area contributed by atoms with Crippen molar-refractivity contribution in [2.75, 3.05) is 13.1 Å². The highest BCUT2D eigenvalue weighted by Gasteiger charge is 2.29. The first kappa shape index (κ1) is 15.8. The molecule has 1 N–H and O–H groups in total. The van der Waals surface area contributed by atoms with Crippen LogP contribution in [0.3, 0.4) is 0 Å². The van der Waals surface area contributed by atoms with Crippen LogP contribution in [0.1, 0.15) is 39.7 Å². The van der Waals surface area contributed by atoms with Crippen molar-refractivity contribution in [3.05, 3.63) is 34.7 Å². The van der Waals surface area contributed by atoms with Crippen LogP contribution in [0.2, 0.25) is 0 Å². The van der Waals surface area contributed by atoms with Gasteiger partial charge in [-0.2, -0.15) is 0 Å². The Kier molecular flexibility index (Phi) is 4.28. The second kappa shape index (κ2) is 6.22. The average Bonchev–Trinajstić information content (AvgIpc) is 2.89. The number of hydrogen-bond donors (Lipinski definition) is 1. The summed E-state index contributed by atoms with van der Waals surface area (Å²) in [7, 11) is 0. The number of likely N-dealkylation sites (tertiary alicyclic amines) is 1. The molecule has 2 heterocycles. The third-order valence-electron chi connectivity index (χ3n) is 5.15. The summed E-state index contributed by atoms with van der Waals surface area (Å²) >= 11 is 0. The van der Waals surface area contributed by atoms with Gasteiger partial charge in [-0.1, -0.05) is 32.9 Å². The van der Waals surface area contributed by atoms with E-state index in [4.69, 9.17) is 0 Å². The van der Waals surface area contributed by atoms with Crippen molar-refractivity contribution in [2.45, 2.75) is 39.7 Å². The molecule has 124 valence electrons. The molecule has 1 saturated heterocycles. The number of nitrogens with zero attached hydrogens (tertiary/aromatic N) is 2. The average molecular weight is 315 g/mol. The molecule has 1 aromatic heterocycles. The van der Waals surface area contributed by atoms with E-state index in [2.05, 4.69) is 18.8 Å². The fourth-order valence-corrected chi connectivity index (χ4v) is 3.35. The Morgan fingerprint density at radius 1 is 1.17 bits per heavy atom. The number of hydrogen-bond acceptors (Lipinski definition) is 2. The van der Waals surface area contributed by atoms with Crippen molar-refractivity contribution in [3.63, 3.8) is 0 Å². The molecule has 0 aliphatic carbocycles. The van der Waals surface area contributed by atoms with E-state index in [9.17, 15) is 9.59 Å². The topological polar surface area (TPSA) is 58.1 Å². The van der Waals surface area contributed by atoms with E-state index in [1.165, 1.54) is 0 Å². The Morgan fingerprint density at radius 3 is 2.48 bits per heavy atom. The molecule has 1 aliphatic rings. The van der Waals surface area contributed by atoms with Gasteiger partial charge in [-0.25, -0.2) is 4.79 Å². The molecule has 0 saturated carbocycles. The summed E-state index contributed by atoms with van der Waals surface area (Å²) in [6.07, 6.45) is 1.66. The summed E-state index contributed by atoms with van der Waals surface area (Å²) in [5.41, 5.74) is 1.79. The number of benzene rings is 1. The van der Waals surface area contributed by atoms with Gasteiger partial charge in [0.05, 0.1) is 11.0 Å². The van der Waals surface area contributed by atoms with Crippen LogP contribution in [0.15, 0.2) is 29.1 Å². The van der Waals surface area contributed by atoms with Gasteiger partial charge in [0.15, 0.2) is 0 Å². The summed E-state index contributed by atoms with van der Waals surface area (Å²) in [6, 6.07) is 7.95. The smallest absolute Gasteiger partial charge is 0.326 e. The van der Waals surface area contributed by atoms with Crippen LogP contribution in [0, 0.1) is 11.8 Å². The number of aromatic amines is 1. The maximum absolute atomic E-state index is 12.5. The van der Waals surface area contributed by atoms with Gasteiger partial charge >= 0.3 is 5.69 Å². The number of fused-ring (bicyclic) bond motifs is 1. The molecule has 5 heteroatoms. The molecule has 0 radical (unpaired) electrons. The zero-order valence-electron chi connectivity index (χ0n) is 14.1. The molecule has 1 unspecified atom stereocenters. The molecule has 1 fully saturated rings. The minimum atomic E-state index is -0.0495. The summed E-state index contributed by atoms with van der Waals surface area (Å²) in [6.45, 7) is 7.63. The normalized spacial score (nSPS) is 17.8. The highest BCUT2D eigenvalue weighted by Crippen LogP contribution is 2.26. The molecule has 1 aromatic carbocycles. The van der Waals surface area contributed by atoms with Crippen molar-refractivity contribution in [1.82, 2.24) is 14.5 Å². The van der Waals surface area contributed by atoms with Gasteiger partial charge in [0.25, 0.3) is 0 Å². The Balaban J connectivity index is 1.75. The third-order valence-corrected chi connectivity index (χ3v) is 5.15. The second-order valence-electron chi connectivity index (χ2n) is 6.91. The van der Waals surface area contributed by atoms with E-state index in [0.29, 0.717) is 5.92 Å². The van der Waals surface area contributed by atoms with Crippen molar-refractivity contribution in [2.24, 2.45) is 11.8 Å². The maximum atomic E-state index is 12.5. The lowest BCUT2D eigenvalue weighted by molar-refractivity contribution is -0.137. The molecule has 0 bridgehead atoms. The Bertz CT molecular complexity index is 751. The number of piperidine rings is 1. The summed E-state index contributed by atoms with van der Waals surface area (Å²) in [5, 5.41) is 0. The first-order chi connectivity index (χ1) is 11.0. The largest absolute Gasteiger partial charge is 0.342 e. The van der Waals surface area contributed by atoms with E-state index in [1.54, 1.807) is 0 Å². The summed E-state index contributed by atoms with van der Waals surface area (Å²) in [4.78, 5) is 29.6. The molecule has 5 nitrogen and oxygen atoms in total. The molecule has 1 atom stereocenters.